The lowest BCUT2D eigenvalue weighted by Gasteiger charge is -2.17. The van der Waals surface area contributed by atoms with Crippen LogP contribution in [0.3, 0.4) is 0 Å². The van der Waals surface area contributed by atoms with Crippen LogP contribution in [0.5, 0.6) is 0 Å². The van der Waals surface area contributed by atoms with Crippen molar-refractivity contribution in [2.45, 2.75) is 25.8 Å². The quantitative estimate of drug-likeness (QED) is 0.511. The second kappa shape index (κ2) is 9.74. The molecule has 126 valence electrons. The number of ether oxygens (including phenoxy) is 1. The smallest absolute Gasteiger partial charge is 0.328 e. The number of halogens is 1. The van der Waals surface area contributed by atoms with E-state index in [2.05, 4.69) is 11.9 Å². The average molecular weight is 323 g/mol. The molecule has 0 radical (unpaired) electrons. The molecule has 1 aromatic rings. The SMILES string of the molecule is C=CCOCC(NC(=O)C(C)CCc1cccc(F)c1)C(=O)O. The standard InChI is InChI=1S/C17H22FNO4/c1-3-9-23-11-15(17(21)22)19-16(20)12(2)7-8-13-5-4-6-14(18)10-13/h3-6,10,12,15H,1,7-9,11H2,2H3,(H,19,20)(H,21,22). The fourth-order valence-electron chi connectivity index (χ4n) is 1.96. The molecule has 5 nitrogen and oxygen atoms in total. The highest BCUT2D eigenvalue weighted by Gasteiger charge is 2.23. The van der Waals surface area contributed by atoms with Crippen molar-refractivity contribution < 1.29 is 23.8 Å². The number of nitrogens with one attached hydrogen (secondary N) is 1. The van der Waals surface area contributed by atoms with Crippen molar-refractivity contribution in [2.24, 2.45) is 5.92 Å². The molecule has 0 spiro atoms. The van der Waals surface area contributed by atoms with Crippen LogP contribution in [0.4, 0.5) is 4.39 Å². The molecule has 2 unspecified atom stereocenters. The topological polar surface area (TPSA) is 75.6 Å². The molecule has 1 aromatic carbocycles. The number of aryl methyl sites for hydroxylation is 1. The Kier molecular flexibility index (Phi) is 7.97. The molecule has 1 rings (SSSR count). The molecule has 1 amide bonds. The molecule has 0 aliphatic rings. The van der Waals surface area contributed by atoms with Crippen molar-refractivity contribution in [3.05, 3.63) is 48.3 Å². The molecule has 0 aliphatic carbocycles. The van der Waals surface area contributed by atoms with Gasteiger partial charge >= 0.3 is 5.97 Å². The third-order valence-corrected chi connectivity index (χ3v) is 3.34. The van der Waals surface area contributed by atoms with Crippen molar-refractivity contribution in [1.82, 2.24) is 5.32 Å². The summed E-state index contributed by atoms with van der Waals surface area (Å²) in [5.41, 5.74) is 0.800. The van der Waals surface area contributed by atoms with Gasteiger partial charge in [0.2, 0.25) is 5.91 Å². The fourth-order valence-corrected chi connectivity index (χ4v) is 1.96. The molecule has 0 aromatic heterocycles. The zero-order chi connectivity index (χ0) is 17.2. The number of carboxylic acid groups (broad SMARTS) is 1. The van der Waals surface area contributed by atoms with Crippen LogP contribution in [0.15, 0.2) is 36.9 Å². The largest absolute Gasteiger partial charge is 0.480 e. The maximum Gasteiger partial charge on any atom is 0.328 e. The predicted molar refractivity (Wildman–Crippen MR) is 84.5 cm³/mol. The summed E-state index contributed by atoms with van der Waals surface area (Å²) in [6.07, 6.45) is 2.54. The lowest BCUT2D eigenvalue weighted by molar-refractivity contribution is -0.144. The lowest BCUT2D eigenvalue weighted by atomic mass is 10.00. The predicted octanol–water partition coefficient (Wildman–Crippen LogP) is 2.17. The third kappa shape index (κ3) is 7.06. The summed E-state index contributed by atoms with van der Waals surface area (Å²) in [6, 6.07) is 5.09. The minimum atomic E-state index is -1.15. The molecule has 23 heavy (non-hydrogen) atoms. The van der Waals surface area contributed by atoms with E-state index < -0.39 is 12.0 Å². The lowest BCUT2D eigenvalue weighted by Crippen LogP contribution is -2.46. The Bertz CT molecular complexity index is 547. The first kappa shape index (κ1) is 18.8. The summed E-state index contributed by atoms with van der Waals surface area (Å²) in [7, 11) is 0. The van der Waals surface area contributed by atoms with Gasteiger partial charge in [-0.15, -0.1) is 6.58 Å². The van der Waals surface area contributed by atoms with Crippen LogP contribution in [-0.2, 0) is 20.7 Å². The highest BCUT2D eigenvalue weighted by molar-refractivity contribution is 5.84. The van der Waals surface area contributed by atoms with E-state index in [9.17, 15) is 14.0 Å². The second-order valence-electron chi connectivity index (χ2n) is 5.30. The zero-order valence-corrected chi connectivity index (χ0v) is 13.1. The van der Waals surface area contributed by atoms with E-state index in [0.29, 0.717) is 12.8 Å². The minimum absolute atomic E-state index is 0.121. The molecule has 2 atom stereocenters. The summed E-state index contributed by atoms with van der Waals surface area (Å²) in [5.74, 6) is -2.22. The summed E-state index contributed by atoms with van der Waals surface area (Å²) in [6.45, 7) is 5.27. The number of benzene rings is 1. The number of carbonyl (C=O) groups excluding carboxylic acids is 1. The van der Waals surface area contributed by atoms with Crippen molar-refractivity contribution in [3.63, 3.8) is 0 Å². The first-order valence-corrected chi connectivity index (χ1v) is 7.40. The zero-order valence-electron chi connectivity index (χ0n) is 13.1. The van der Waals surface area contributed by atoms with E-state index in [0.717, 1.165) is 5.56 Å². The van der Waals surface area contributed by atoms with Crippen molar-refractivity contribution in [3.8, 4) is 0 Å². The van der Waals surface area contributed by atoms with Crippen molar-refractivity contribution >= 4 is 11.9 Å². The van der Waals surface area contributed by atoms with Gasteiger partial charge in [0.25, 0.3) is 0 Å². The Balaban J connectivity index is 2.47. The van der Waals surface area contributed by atoms with Gasteiger partial charge in [0.15, 0.2) is 6.04 Å². The van der Waals surface area contributed by atoms with E-state index in [1.54, 1.807) is 19.1 Å². The van der Waals surface area contributed by atoms with Gasteiger partial charge in [-0.05, 0) is 30.5 Å². The van der Waals surface area contributed by atoms with Crippen molar-refractivity contribution in [2.75, 3.05) is 13.2 Å². The van der Waals surface area contributed by atoms with Crippen LogP contribution in [0.25, 0.3) is 0 Å². The number of carboxylic acids is 1. The molecule has 2 N–H and O–H groups in total. The van der Waals surface area contributed by atoms with Crippen molar-refractivity contribution in [1.29, 1.82) is 0 Å². The average Bonchev–Trinajstić information content (AvgIpc) is 2.51. The van der Waals surface area contributed by atoms with Crippen LogP contribution in [-0.4, -0.2) is 36.2 Å². The molecular weight excluding hydrogens is 301 g/mol. The van der Waals surface area contributed by atoms with Gasteiger partial charge in [-0.3, -0.25) is 4.79 Å². The van der Waals surface area contributed by atoms with E-state index >= 15 is 0 Å². The molecule has 0 bridgehead atoms. The summed E-state index contributed by atoms with van der Waals surface area (Å²) < 4.78 is 18.2. The van der Waals surface area contributed by atoms with Crippen LogP contribution < -0.4 is 5.32 Å². The van der Waals surface area contributed by atoms with E-state index in [4.69, 9.17) is 9.84 Å². The Morgan fingerprint density at radius 3 is 2.83 bits per heavy atom. The summed E-state index contributed by atoms with van der Waals surface area (Å²) in [5, 5.41) is 11.5. The van der Waals surface area contributed by atoms with Gasteiger partial charge in [-0.25, -0.2) is 9.18 Å². The van der Waals surface area contributed by atoms with Gasteiger partial charge in [-0.1, -0.05) is 25.1 Å². The first-order chi connectivity index (χ1) is 10.9. The maximum absolute atomic E-state index is 13.1. The van der Waals surface area contributed by atoms with Crippen LogP contribution >= 0.6 is 0 Å². The van der Waals surface area contributed by atoms with E-state index in [1.165, 1.54) is 18.2 Å². The Morgan fingerprint density at radius 2 is 2.22 bits per heavy atom. The number of aliphatic carboxylic acids is 1. The molecule has 0 heterocycles. The first-order valence-electron chi connectivity index (χ1n) is 7.40. The third-order valence-electron chi connectivity index (χ3n) is 3.34. The monoisotopic (exact) mass is 323 g/mol. The van der Waals surface area contributed by atoms with Gasteiger partial charge in [0, 0.05) is 5.92 Å². The molecule has 0 fully saturated rings. The normalized spacial score (nSPS) is 13.1. The van der Waals surface area contributed by atoms with E-state index in [1.807, 2.05) is 0 Å². The Morgan fingerprint density at radius 1 is 1.48 bits per heavy atom. The van der Waals surface area contributed by atoms with Gasteiger partial charge in [-0.2, -0.15) is 0 Å². The Labute approximate surface area is 135 Å². The second-order valence-corrected chi connectivity index (χ2v) is 5.30. The fraction of sp³-hybridized carbons (Fsp3) is 0.412. The minimum Gasteiger partial charge on any atom is -0.480 e. The van der Waals surface area contributed by atoms with E-state index in [-0.39, 0.29) is 30.9 Å². The molecule has 0 saturated heterocycles. The van der Waals surface area contributed by atoms with Gasteiger partial charge in [0.1, 0.15) is 5.82 Å². The molecule has 0 aliphatic heterocycles. The summed E-state index contributed by atoms with van der Waals surface area (Å²) in [4.78, 5) is 23.2. The van der Waals surface area contributed by atoms with Gasteiger partial charge in [0.05, 0.1) is 13.2 Å². The Hall–Kier alpha value is -2.21. The molecule has 0 saturated carbocycles. The molecular formula is C17H22FNO4. The summed E-state index contributed by atoms with van der Waals surface area (Å²) >= 11 is 0. The van der Waals surface area contributed by atoms with Crippen LogP contribution in [0.1, 0.15) is 18.9 Å². The molecule has 6 heteroatoms. The number of hydrogen-bond acceptors (Lipinski definition) is 3. The number of amides is 1. The number of carbonyl (C=O) groups is 2. The van der Waals surface area contributed by atoms with Gasteiger partial charge < -0.3 is 15.2 Å². The highest BCUT2D eigenvalue weighted by atomic mass is 19.1. The highest BCUT2D eigenvalue weighted by Crippen LogP contribution is 2.11. The number of rotatable bonds is 10. The maximum atomic E-state index is 13.1. The van der Waals surface area contributed by atoms with Crippen LogP contribution in [0.2, 0.25) is 0 Å². The number of hydrogen-bond donors (Lipinski definition) is 2. The van der Waals surface area contributed by atoms with Crippen LogP contribution in [0, 0.1) is 11.7 Å².